The molecule has 0 atom stereocenters. The van der Waals surface area contributed by atoms with Gasteiger partial charge in [-0.05, 0) is 18.2 Å². The van der Waals surface area contributed by atoms with Crippen molar-refractivity contribution in [2.75, 3.05) is 18.5 Å². The molecule has 27 heavy (non-hydrogen) atoms. The van der Waals surface area contributed by atoms with Crippen LogP contribution in [0.4, 0.5) is 11.4 Å². The van der Waals surface area contributed by atoms with Gasteiger partial charge >= 0.3 is 5.97 Å². The minimum absolute atomic E-state index is 0.0287. The van der Waals surface area contributed by atoms with E-state index in [1.807, 2.05) is 0 Å². The summed E-state index contributed by atoms with van der Waals surface area (Å²) in [5, 5.41) is 15.3. The Bertz CT molecular complexity index is 872. The fraction of sp³-hybridized carbons (Fsp3) is 0.118. The number of hydrogen-bond acceptors (Lipinski definition) is 6. The number of benzene rings is 2. The number of nitrogens with one attached hydrogen (secondary N) is 2. The minimum atomic E-state index is -0.802. The Hall–Kier alpha value is -3.46. The summed E-state index contributed by atoms with van der Waals surface area (Å²) >= 11 is 5.85. The number of carbonyl (C=O) groups excluding carboxylic acids is 3. The quantitative estimate of drug-likeness (QED) is 0.423. The molecular formula is C17H14ClN3O6. The number of nitro benzene ring substituents is 1. The number of halogens is 1. The van der Waals surface area contributed by atoms with Crippen LogP contribution in [-0.2, 0) is 14.3 Å². The van der Waals surface area contributed by atoms with Crippen molar-refractivity contribution in [3.63, 3.8) is 0 Å². The molecule has 0 fully saturated rings. The number of ether oxygens (including phenoxy) is 1. The second-order valence-corrected chi connectivity index (χ2v) is 5.59. The van der Waals surface area contributed by atoms with Crippen molar-refractivity contribution in [3.05, 3.63) is 69.2 Å². The van der Waals surface area contributed by atoms with Crippen molar-refractivity contribution < 1.29 is 24.0 Å². The summed E-state index contributed by atoms with van der Waals surface area (Å²) in [4.78, 5) is 45.2. The fourth-order valence-electron chi connectivity index (χ4n) is 1.95. The van der Waals surface area contributed by atoms with E-state index >= 15 is 0 Å². The van der Waals surface area contributed by atoms with Crippen molar-refractivity contribution >= 4 is 40.8 Å². The number of carbonyl (C=O) groups is 3. The first-order valence-electron chi connectivity index (χ1n) is 7.59. The van der Waals surface area contributed by atoms with Crippen LogP contribution in [0.3, 0.4) is 0 Å². The average Bonchev–Trinajstić information content (AvgIpc) is 2.66. The largest absolute Gasteiger partial charge is 0.454 e. The highest BCUT2D eigenvalue weighted by Gasteiger charge is 2.14. The molecule has 9 nitrogen and oxygen atoms in total. The Kier molecular flexibility index (Phi) is 6.84. The standard InChI is InChI=1S/C17H14ClN3O6/c18-13-8-12(21(25)26)6-7-14(13)20-15(22)10-27-16(23)9-19-17(24)11-4-2-1-3-5-11/h1-8H,9-10H2,(H,19,24)(H,20,22). The maximum absolute atomic E-state index is 11.8. The van der Waals surface area contributed by atoms with Crippen LogP contribution in [0.25, 0.3) is 0 Å². The Morgan fingerprint density at radius 3 is 2.44 bits per heavy atom. The normalized spacial score (nSPS) is 9.96. The lowest BCUT2D eigenvalue weighted by atomic mass is 10.2. The van der Waals surface area contributed by atoms with Crippen LogP contribution >= 0.6 is 11.6 Å². The van der Waals surface area contributed by atoms with Crippen LogP contribution < -0.4 is 10.6 Å². The van der Waals surface area contributed by atoms with Gasteiger partial charge < -0.3 is 15.4 Å². The molecule has 0 spiro atoms. The monoisotopic (exact) mass is 391 g/mol. The first-order valence-corrected chi connectivity index (χ1v) is 7.97. The van der Waals surface area contributed by atoms with Crippen molar-refractivity contribution in [2.24, 2.45) is 0 Å². The van der Waals surface area contributed by atoms with Crippen LogP contribution in [0.15, 0.2) is 48.5 Å². The van der Waals surface area contributed by atoms with Crippen LogP contribution in [0.1, 0.15) is 10.4 Å². The summed E-state index contributed by atoms with van der Waals surface area (Å²) in [6.45, 7) is -1.01. The van der Waals surface area contributed by atoms with Crippen LogP contribution in [0.2, 0.25) is 5.02 Å². The predicted molar refractivity (Wildman–Crippen MR) is 96.5 cm³/mol. The summed E-state index contributed by atoms with van der Waals surface area (Å²) in [6, 6.07) is 11.8. The molecular weight excluding hydrogens is 378 g/mol. The Balaban J connectivity index is 1.77. The number of esters is 1. The zero-order chi connectivity index (χ0) is 19.8. The molecule has 0 aliphatic heterocycles. The zero-order valence-corrected chi connectivity index (χ0v) is 14.6. The SMILES string of the molecule is O=C(COC(=O)CNC(=O)c1ccccc1)Nc1ccc([N+](=O)[O-])cc1Cl. The molecule has 2 amide bonds. The number of nitrogens with zero attached hydrogens (tertiary/aromatic N) is 1. The molecule has 0 aliphatic carbocycles. The van der Waals surface area contributed by atoms with E-state index in [0.29, 0.717) is 5.56 Å². The molecule has 0 saturated carbocycles. The van der Waals surface area contributed by atoms with Gasteiger partial charge in [0.15, 0.2) is 6.61 Å². The molecule has 0 aromatic heterocycles. The van der Waals surface area contributed by atoms with Crippen LogP contribution in [0, 0.1) is 10.1 Å². The lowest BCUT2D eigenvalue weighted by Gasteiger charge is -2.08. The van der Waals surface area contributed by atoms with Crippen molar-refractivity contribution in [3.8, 4) is 0 Å². The van der Waals surface area contributed by atoms with E-state index in [2.05, 4.69) is 10.6 Å². The Morgan fingerprint density at radius 2 is 1.81 bits per heavy atom. The molecule has 0 saturated heterocycles. The number of amides is 2. The van der Waals surface area contributed by atoms with Crippen molar-refractivity contribution in [1.82, 2.24) is 5.32 Å². The van der Waals surface area contributed by atoms with Gasteiger partial charge in [0.1, 0.15) is 6.54 Å². The van der Waals surface area contributed by atoms with Crippen LogP contribution in [-0.4, -0.2) is 35.9 Å². The Morgan fingerprint density at radius 1 is 1.11 bits per heavy atom. The first-order chi connectivity index (χ1) is 12.9. The molecule has 2 N–H and O–H groups in total. The molecule has 140 valence electrons. The molecule has 2 aromatic rings. The summed E-state index contributed by atoms with van der Waals surface area (Å²) < 4.78 is 4.75. The molecule has 0 unspecified atom stereocenters. The number of non-ortho nitro benzene ring substituents is 1. The molecule has 10 heteroatoms. The third kappa shape index (κ3) is 6.08. The molecule has 2 rings (SSSR count). The van der Waals surface area contributed by atoms with E-state index in [9.17, 15) is 24.5 Å². The van der Waals surface area contributed by atoms with E-state index in [0.717, 1.165) is 6.07 Å². The number of anilines is 1. The average molecular weight is 392 g/mol. The first kappa shape index (κ1) is 19.9. The molecule has 0 aliphatic rings. The maximum atomic E-state index is 11.8. The molecule has 0 bridgehead atoms. The van der Waals surface area contributed by atoms with E-state index in [-0.39, 0.29) is 16.4 Å². The fourth-order valence-corrected chi connectivity index (χ4v) is 2.17. The molecule has 2 aromatic carbocycles. The number of rotatable bonds is 7. The third-order valence-corrected chi connectivity index (χ3v) is 3.54. The van der Waals surface area contributed by atoms with Gasteiger partial charge in [-0.3, -0.25) is 24.5 Å². The van der Waals surface area contributed by atoms with Crippen molar-refractivity contribution in [1.29, 1.82) is 0 Å². The summed E-state index contributed by atoms with van der Waals surface area (Å²) in [5.74, 6) is -1.94. The van der Waals surface area contributed by atoms with Gasteiger partial charge in [-0.2, -0.15) is 0 Å². The highest BCUT2D eigenvalue weighted by atomic mass is 35.5. The smallest absolute Gasteiger partial charge is 0.325 e. The van der Waals surface area contributed by atoms with Gasteiger partial charge in [-0.1, -0.05) is 29.8 Å². The second-order valence-electron chi connectivity index (χ2n) is 5.18. The topological polar surface area (TPSA) is 128 Å². The second kappa shape index (κ2) is 9.30. The highest BCUT2D eigenvalue weighted by molar-refractivity contribution is 6.34. The highest BCUT2D eigenvalue weighted by Crippen LogP contribution is 2.26. The zero-order valence-electron chi connectivity index (χ0n) is 13.8. The van der Waals surface area contributed by atoms with Gasteiger partial charge in [0.05, 0.1) is 15.6 Å². The Labute approximate surface area is 158 Å². The lowest BCUT2D eigenvalue weighted by Crippen LogP contribution is -2.32. The van der Waals surface area contributed by atoms with Crippen LogP contribution in [0.5, 0.6) is 0 Å². The predicted octanol–water partition coefficient (Wildman–Crippen LogP) is 2.16. The third-order valence-electron chi connectivity index (χ3n) is 3.23. The lowest BCUT2D eigenvalue weighted by molar-refractivity contribution is -0.384. The summed E-state index contributed by atoms with van der Waals surface area (Å²) in [6.07, 6.45) is 0. The van der Waals surface area contributed by atoms with Gasteiger partial charge in [0, 0.05) is 17.7 Å². The molecule has 0 radical (unpaired) electrons. The number of hydrogen-bond donors (Lipinski definition) is 2. The van der Waals surface area contributed by atoms with Gasteiger partial charge in [0.25, 0.3) is 17.5 Å². The van der Waals surface area contributed by atoms with E-state index < -0.39 is 35.9 Å². The minimum Gasteiger partial charge on any atom is -0.454 e. The van der Waals surface area contributed by atoms with Crippen molar-refractivity contribution in [2.45, 2.75) is 0 Å². The van der Waals surface area contributed by atoms with Gasteiger partial charge in [-0.25, -0.2) is 0 Å². The summed E-state index contributed by atoms with van der Waals surface area (Å²) in [5.41, 5.74) is 0.301. The van der Waals surface area contributed by atoms with E-state index in [1.54, 1.807) is 30.3 Å². The maximum Gasteiger partial charge on any atom is 0.325 e. The van der Waals surface area contributed by atoms with Gasteiger partial charge in [-0.15, -0.1) is 0 Å². The van der Waals surface area contributed by atoms with Gasteiger partial charge in [0.2, 0.25) is 0 Å². The van der Waals surface area contributed by atoms with E-state index in [1.165, 1.54) is 12.1 Å². The molecule has 0 heterocycles. The number of nitro groups is 1. The van der Waals surface area contributed by atoms with E-state index in [4.69, 9.17) is 16.3 Å². The summed E-state index contributed by atoms with van der Waals surface area (Å²) in [7, 11) is 0.